The molecule has 0 aliphatic heterocycles. The molecule has 0 heterocycles. The molecule has 2 aliphatic rings. The van der Waals surface area contributed by atoms with Crippen LogP contribution in [0.15, 0.2) is 18.2 Å². The molecule has 0 amide bonds. The Balaban J connectivity index is 1.87. The third-order valence-corrected chi connectivity index (χ3v) is 5.96. The number of carboxylic acid groups (broad SMARTS) is 1. The van der Waals surface area contributed by atoms with Crippen molar-refractivity contribution in [2.75, 3.05) is 0 Å². The van der Waals surface area contributed by atoms with Gasteiger partial charge in [-0.1, -0.05) is 18.2 Å². The number of carbonyl (C=O) groups is 1. The predicted molar refractivity (Wildman–Crippen MR) is 81.3 cm³/mol. The number of benzene rings is 1. The highest BCUT2D eigenvalue weighted by Gasteiger charge is 2.42. The van der Waals surface area contributed by atoms with Crippen molar-refractivity contribution in [1.29, 1.82) is 0 Å². The Hall–Kier alpha value is -1.40. The minimum atomic E-state index is -4.03. The van der Waals surface area contributed by atoms with Gasteiger partial charge in [0.15, 0.2) is 0 Å². The van der Waals surface area contributed by atoms with Crippen molar-refractivity contribution in [2.45, 2.75) is 49.7 Å². The molecule has 1 aromatic carbocycles. The third kappa shape index (κ3) is 2.90. The van der Waals surface area contributed by atoms with Crippen molar-refractivity contribution in [1.82, 2.24) is 0 Å². The molecule has 0 bridgehead atoms. The maximum absolute atomic E-state index is 11.1. The lowest BCUT2D eigenvalue weighted by Crippen LogP contribution is -2.32. The molecule has 1 fully saturated rings. The molecule has 22 heavy (non-hydrogen) atoms. The van der Waals surface area contributed by atoms with Gasteiger partial charge in [-0.2, -0.15) is 8.42 Å². The zero-order valence-electron chi connectivity index (χ0n) is 12.3. The average Bonchev–Trinajstić information content (AvgIpc) is 2.76. The summed E-state index contributed by atoms with van der Waals surface area (Å²) in [6.45, 7) is 0. The summed E-state index contributed by atoms with van der Waals surface area (Å²) in [5, 5.41) is 9.14. The van der Waals surface area contributed by atoms with Crippen molar-refractivity contribution in [3.63, 3.8) is 0 Å². The van der Waals surface area contributed by atoms with Crippen LogP contribution in [0, 0.1) is 5.92 Å². The van der Waals surface area contributed by atoms with Crippen molar-refractivity contribution in [3.05, 3.63) is 34.9 Å². The number of rotatable bonds is 3. The van der Waals surface area contributed by atoms with E-state index in [1.807, 2.05) is 12.1 Å². The highest BCUT2D eigenvalue weighted by Crippen LogP contribution is 2.50. The fraction of sp³-hybridized carbons (Fsp3) is 0.562. The molecule has 5 nitrogen and oxygen atoms in total. The molecule has 6 heteroatoms. The summed E-state index contributed by atoms with van der Waals surface area (Å²) in [6.07, 6.45) is 5.00. The molecular weight excluding hydrogens is 304 g/mol. The second-order valence-electron chi connectivity index (χ2n) is 6.61. The van der Waals surface area contributed by atoms with Crippen molar-refractivity contribution in [2.24, 2.45) is 5.92 Å². The molecular formula is C16H20O5S. The van der Waals surface area contributed by atoms with E-state index in [0.29, 0.717) is 18.4 Å². The summed E-state index contributed by atoms with van der Waals surface area (Å²) < 4.78 is 31.2. The quantitative estimate of drug-likeness (QED) is 0.834. The van der Waals surface area contributed by atoms with Crippen LogP contribution in [-0.2, 0) is 32.5 Å². The highest BCUT2D eigenvalue weighted by atomic mass is 32.2. The average molecular weight is 324 g/mol. The molecule has 0 aromatic heterocycles. The van der Waals surface area contributed by atoms with Crippen LogP contribution in [0.3, 0.4) is 0 Å². The van der Waals surface area contributed by atoms with Gasteiger partial charge in [-0.05, 0) is 60.6 Å². The highest BCUT2D eigenvalue weighted by molar-refractivity contribution is 7.85. The molecule has 2 N–H and O–H groups in total. The SMILES string of the molecule is O=C(O)C1CCC2(CCc3ccc(CS(=O)(=O)O)cc32)CC1. The Morgan fingerprint density at radius 2 is 1.91 bits per heavy atom. The van der Waals surface area contributed by atoms with E-state index < -0.39 is 16.1 Å². The lowest BCUT2D eigenvalue weighted by atomic mass is 9.67. The van der Waals surface area contributed by atoms with Gasteiger partial charge in [0.05, 0.1) is 5.92 Å². The summed E-state index contributed by atoms with van der Waals surface area (Å²) in [5.41, 5.74) is 2.99. The van der Waals surface area contributed by atoms with Crippen molar-refractivity contribution >= 4 is 16.1 Å². The molecule has 0 saturated heterocycles. The van der Waals surface area contributed by atoms with Gasteiger partial charge in [-0.25, -0.2) is 0 Å². The topological polar surface area (TPSA) is 91.7 Å². The van der Waals surface area contributed by atoms with E-state index in [2.05, 4.69) is 0 Å². The summed E-state index contributed by atoms with van der Waals surface area (Å²) in [7, 11) is -4.03. The van der Waals surface area contributed by atoms with Crippen LogP contribution in [0.25, 0.3) is 0 Å². The smallest absolute Gasteiger partial charge is 0.306 e. The van der Waals surface area contributed by atoms with Gasteiger partial charge in [0, 0.05) is 0 Å². The maximum Gasteiger partial charge on any atom is 0.306 e. The maximum atomic E-state index is 11.1. The first-order valence-electron chi connectivity index (χ1n) is 7.59. The molecule has 1 aromatic rings. The number of fused-ring (bicyclic) bond motifs is 2. The van der Waals surface area contributed by atoms with Crippen LogP contribution in [0.4, 0.5) is 0 Å². The zero-order valence-corrected chi connectivity index (χ0v) is 13.1. The number of hydrogen-bond acceptors (Lipinski definition) is 3. The molecule has 2 aliphatic carbocycles. The minimum absolute atomic E-state index is 0.00346. The second kappa shape index (κ2) is 5.35. The Labute approximate surface area is 130 Å². The zero-order chi connectivity index (χ0) is 16.0. The first kappa shape index (κ1) is 15.5. The normalized spacial score (nSPS) is 27.8. The van der Waals surface area contributed by atoms with E-state index >= 15 is 0 Å². The molecule has 120 valence electrons. The number of hydrogen-bond donors (Lipinski definition) is 2. The van der Waals surface area contributed by atoms with Gasteiger partial charge in [-0.3, -0.25) is 9.35 Å². The lowest BCUT2D eigenvalue weighted by Gasteiger charge is -2.37. The van der Waals surface area contributed by atoms with Gasteiger partial charge in [0.1, 0.15) is 5.75 Å². The summed E-state index contributed by atoms with van der Waals surface area (Å²) in [6, 6.07) is 5.61. The van der Waals surface area contributed by atoms with Crippen LogP contribution in [0.2, 0.25) is 0 Å². The molecule has 1 spiro atoms. The van der Waals surface area contributed by atoms with E-state index in [9.17, 15) is 13.2 Å². The van der Waals surface area contributed by atoms with Crippen LogP contribution in [-0.4, -0.2) is 24.0 Å². The van der Waals surface area contributed by atoms with E-state index in [0.717, 1.165) is 31.2 Å². The second-order valence-corrected chi connectivity index (χ2v) is 8.06. The van der Waals surface area contributed by atoms with Crippen LogP contribution in [0.5, 0.6) is 0 Å². The van der Waals surface area contributed by atoms with E-state index in [4.69, 9.17) is 9.66 Å². The van der Waals surface area contributed by atoms with Gasteiger partial charge < -0.3 is 5.11 Å². The monoisotopic (exact) mass is 324 g/mol. The fourth-order valence-electron chi connectivity index (χ4n) is 4.08. The predicted octanol–water partition coefficient (Wildman–Crippen LogP) is 2.53. The fourth-order valence-corrected chi connectivity index (χ4v) is 4.68. The standard InChI is InChI=1S/C16H20O5S/c17-15(18)13-4-7-16(8-5-13)6-3-12-2-1-11(9-14(12)16)10-22(19,20)21/h1-2,9,13H,3-8,10H2,(H,17,18)(H,19,20,21). The van der Waals surface area contributed by atoms with E-state index in [1.165, 1.54) is 5.56 Å². The Kier molecular flexibility index (Phi) is 3.77. The van der Waals surface area contributed by atoms with E-state index in [-0.39, 0.29) is 17.1 Å². The summed E-state index contributed by atoms with van der Waals surface area (Å²) in [5.74, 6) is -1.34. The van der Waals surface area contributed by atoms with Gasteiger partial charge in [0.2, 0.25) is 0 Å². The largest absolute Gasteiger partial charge is 0.481 e. The number of carboxylic acids is 1. The Morgan fingerprint density at radius 3 is 2.50 bits per heavy atom. The van der Waals surface area contributed by atoms with Gasteiger partial charge in [0.25, 0.3) is 10.1 Å². The van der Waals surface area contributed by atoms with Crippen molar-refractivity contribution in [3.8, 4) is 0 Å². The van der Waals surface area contributed by atoms with Gasteiger partial charge in [-0.15, -0.1) is 0 Å². The summed E-state index contributed by atoms with van der Waals surface area (Å²) >= 11 is 0. The molecule has 0 radical (unpaired) electrons. The Bertz CT molecular complexity index is 699. The van der Waals surface area contributed by atoms with Crippen molar-refractivity contribution < 1.29 is 22.9 Å². The van der Waals surface area contributed by atoms with Gasteiger partial charge >= 0.3 is 5.97 Å². The van der Waals surface area contributed by atoms with E-state index in [1.54, 1.807) is 6.07 Å². The third-order valence-electron chi connectivity index (χ3n) is 5.26. The number of aliphatic carboxylic acids is 1. The molecule has 0 unspecified atom stereocenters. The summed E-state index contributed by atoms with van der Waals surface area (Å²) in [4.78, 5) is 11.1. The van der Waals surface area contributed by atoms with Crippen LogP contribution >= 0.6 is 0 Å². The lowest BCUT2D eigenvalue weighted by molar-refractivity contribution is -0.143. The first-order chi connectivity index (χ1) is 10.3. The first-order valence-corrected chi connectivity index (χ1v) is 9.20. The minimum Gasteiger partial charge on any atom is -0.481 e. The Morgan fingerprint density at radius 1 is 1.23 bits per heavy atom. The number of aryl methyl sites for hydroxylation is 1. The molecule has 3 rings (SSSR count). The molecule has 0 atom stereocenters. The van der Waals surface area contributed by atoms with Crippen LogP contribution < -0.4 is 0 Å². The van der Waals surface area contributed by atoms with Crippen LogP contribution in [0.1, 0.15) is 48.8 Å². The molecule has 1 saturated carbocycles.